The molecule has 25 heavy (non-hydrogen) atoms. The highest BCUT2D eigenvalue weighted by Crippen LogP contribution is 2.24. The molecule has 0 N–H and O–H groups in total. The van der Waals surface area contributed by atoms with Gasteiger partial charge in [-0.15, -0.1) is 10.2 Å². The van der Waals surface area contributed by atoms with Crippen molar-refractivity contribution in [2.75, 3.05) is 19.7 Å². The van der Waals surface area contributed by atoms with Crippen molar-refractivity contribution >= 4 is 5.91 Å². The summed E-state index contributed by atoms with van der Waals surface area (Å²) < 4.78 is 13.2. The second-order valence-electron chi connectivity index (χ2n) is 7.09. The molecule has 1 aliphatic rings. The van der Waals surface area contributed by atoms with Gasteiger partial charge in [-0.2, -0.15) is 5.10 Å². The summed E-state index contributed by atoms with van der Waals surface area (Å²) in [4.78, 5) is 14.5. The van der Waals surface area contributed by atoms with Crippen LogP contribution in [0.25, 0.3) is 0 Å². The van der Waals surface area contributed by atoms with E-state index in [1.54, 1.807) is 17.3 Å². The summed E-state index contributed by atoms with van der Waals surface area (Å²) in [5, 5.41) is 12.4. The zero-order chi connectivity index (χ0) is 18.0. The molecule has 1 amide bonds. The first-order valence-corrected chi connectivity index (χ1v) is 8.70. The number of rotatable bonds is 5. The van der Waals surface area contributed by atoms with Crippen molar-refractivity contribution in [1.82, 2.24) is 24.9 Å². The summed E-state index contributed by atoms with van der Waals surface area (Å²) in [6.45, 7) is 10.4. The minimum absolute atomic E-state index is 0.0492. The van der Waals surface area contributed by atoms with Crippen LogP contribution in [0.15, 0.2) is 16.8 Å². The molecule has 0 radical (unpaired) electrons. The number of carbonyl (C=O) groups is 1. The Bertz CT molecular complexity index is 721. The summed E-state index contributed by atoms with van der Waals surface area (Å²) in [5.74, 6) is 1.60. The van der Waals surface area contributed by atoms with E-state index in [9.17, 15) is 4.79 Å². The molecule has 0 aliphatic carbocycles. The monoisotopic (exact) mass is 347 g/mol. The second kappa shape index (κ2) is 7.35. The van der Waals surface area contributed by atoms with Crippen molar-refractivity contribution in [2.45, 2.75) is 46.3 Å². The average Bonchev–Trinajstić information content (AvgIpc) is 3.23. The van der Waals surface area contributed by atoms with Crippen LogP contribution >= 0.6 is 0 Å². The van der Waals surface area contributed by atoms with Gasteiger partial charge in [0.2, 0.25) is 11.8 Å². The molecule has 136 valence electrons. The lowest BCUT2D eigenvalue weighted by molar-refractivity contribution is -0.0351. The Kier molecular flexibility index (Phi) is 5.17. The summed E-state index contributed by atoms with van der Waals surface area (Å²) in [6, 6.07) is 0. The number of nitrogens with zero attached hydrogens (tertiary/aromatic N) is 5. The van der Waals surface area contributed by atoms with E-state index in [1.807, 2.05) is 18.5 Å². The summed E-state index contributed by atoms with van der Waals surface area (Å²) in [7, 11) is 0. The standard InChI is InChI=1S/C17H25N5O3/c1-11(2)8-22-9-13(7-18-22)17(23)21-5-6-24-14(10-21)16-20-19-15(25-16)12(3)4/h7,9,11-12,14H,5-6,8,10H2,1-4H3/t14-/m0/s1. The molecule has 0 saturated carbocycles. The van der Waals surface area contributed by atoms with Gasteiger partial charge in [-0.3, -0.25) is 9.48 Å². The molecular formula is C17H25N5O3. The Balaban J connectivity index is 1.67. The first-order valence-electron chi connectivity index (χ1n) is 8.70. The van der Waals surface area contributed by atoms with E-state index < -0.39 is 0 Å². The van der Waals surface area contributed by atoms with Crippen molar-refractivity contribution in [3.05, 3.63) is 29.7 Å². The highest BCUT2D eigenvalue weighted by molar-refractivity contribution is 5.93. The SMILES string of the molecule is CC(C)Cn1cc(C(=O)N2CCO[C@H](c3nnc(C(C)C)o3)C2)cn1. The smallest absolute Gasteiger partial charge is 0.257 e. The Labute approximate surface area is 147 Å². The number of ether oxygens (including phenoxy) is 1. The van der Waals surface area contributed by atoms with Gasteiger partial charge in [0.05, 0.1) is 24.9 Å². The van der Waals surface area contributed by atoms with Crippen LogP contribution in [-0.4, -0.2) is 50.5 Å². The maximum absolute atomic E-state index is 12.7. The van der Waals surface area contributed by atoms with Gasteiger partial charge in [-0.1, -0.05) is 27.7 Å². The molecule has 3 heterocycles. The van der Waals surface area contributed by atoms with Crippen LogP contribution in [0.3, 0.4) is 0 Å². The van der Waals surface area contributed by atoms with Crippen molar-refractivity contribution in [3.8, 4) is 0 Å². The van der Waals surface area contributed by atoms with Crippen molar-refractivity contribution < 1.29 is 13.9 Å². The van der Waals surface area contributed by atoms with E-state index >= 15 is 0 Å². The second-order valence-corrected chi connectivity index (χ2v) is 7.09. The molecule has 8 heteroatoms. The number of amides is 1. The van der Waals surface area contributed by atoms with E-state index in [0.29, 0.717) is 43.0 Å². The molecule has 0 unspecified atom stereocenters. The van der Waals surface area contributed by atoms with Crippen LogP contribution in [0.2, 0.25) is 0 Å². The molecule has 1 fully saturated rings. The molecule has 0 spiro atoms. The van der Waals surface area contributed by atoms with Gasteiger partial charge in [-0.25, -0.2) is 0 Å². The minimum atomic E-state index is -0.386. The van der Waals surface area contributed by atoms with E-state index in [4.69, 9.17) is 9.15 Å². The van der Waals surface area contributed by atoms with Gasteiger partial charge in [0.1, 0.15) is 0 Å². The molecule has 1 atom stereocenters. The third kappa shape index (κ3) is 4.07. The van der Waals surface area contributed by atoms with Crippen LogP contribution < -0.4 is 0 Å². The van der Waals surface area contributed by atoms with Crippen molar-refractivity contribution in [1.29, 1.82) is 0 Å². The molecule has 1 saturated heterocycles. The van der Waals surface area contributed by atoms with Gasteiger partial charge >= 0.3 is 0 Å². The van der Waals surface area contributed by atoms with Crippen LogP contribution in [0.5, 0.6) is 0 Å². The van der Waals surface area contributed by atoms with E-state index in [1.165, 1.54) is 0 Å². The highest BCUT2D eigenvalue weighted by Gasteiger charge is 2.30. The molecular weight excluding hydrogens is 322 g/mol. The number of carbonyl (C=O) groups excluding carboxylic acids is 1. The zero-order valence-electron chi connectivity index (χ0n) is 15.2. The third-order valence-corrected chi connectivity index (χ3v) is 4.01. The predicted molar refractivity (Wildman–Crippen MR) is 90.0 cm³/mol. The highest BCUT2D eigenvalue weighted by atomic mass is 16.5. The lowest BCUT2D eigenvalue weighted by Gasteiger charge is -2.31. The first kappa shape index (κ1) is 17.6. The fraction of sp³-hybridized carbons (Fsp3) is 0.647. The maximum Gasteiger partial charge on any atom is 0.257 e. The summed E-state index contributed by atoms with van der Waals surface area (Å²) in [5.41, 5.74) is 0.592. The molecule has 2 aromatic heterocycles. The minimum Gasteiger partial charge on any atom is -0.422 e. The number of aromatic nitrogens is 4. The van der Waals surface area contributed by atoms with Crippen LogP contribution in [0.1, 0.15) is 61.9 Å². The van der Waals surface area contributed by atoms with Crippen LogP contribution in [0, 0.1) is 5.92 Å². The van der Waals surface area contributed by atoms with E-state index in [0.717, 1.165) is 6.54 Å². The lowest BCUT2D eigenvalue weighted by Crippen LogP contribution is -2.42. The van der Waals surface area contributed by atoms with E-state index in [2.05, 4.69) is 29.1 Å². The fourth-order valence-electron chi connectivity index (χ4n) is 2.72. The largest absolute Gasteiger partial charge is 0.422 e. The zero-order valence-corrected chi connectivity index (χ0v) is 15.2. The Hall–Kier alpha value is -2.22. The first-order chi connectivity index (χ1) is 11.9. The Morgan fingerprint density at radius 1 is 1.32 bits per heavy atom. The summed E-state index contributed by atoms with van der Waals surface area (Å²) in [6.07, 6.45) is 3.04. The predicted octanol–water partition coefficient (Wildman–Crippen LogP) is 2.26. The van der Waals surface area contributed by atoms with E-state index in [-0.39, 0.29) is 17.9 Å². The Morgan fingerprint density at radius 3 is 2.80 bits per heavy atom. The summed E-state index contributed by atoms with van der Waals surface area (Å²) >= 11 is 0. The molecule has 8 nitrogen and oxygen atoms in total. The molecule has 0 bridgehead atoms. The number of hydrogen-bond donors (Lipinski definition) is 0. The topological polar surface area (TPSA) is 86.3 Å². The van der Waals surface area contributed by atoms with Gasteiger partial charge in [0.15, 0.2) is 6.10 Å². The number of hydrogen-bond acceptors (Lipinski definition) is 6. The molecule has 2 aromatic rings. The van der Waals surface area contributed by atoms with Crippen LogP contribution in [-0.2, 0) is 11.3 Å². The average molecular weight is 347 g/mol. The van der Waals surface area contributed by atoms with Gasteiger partial charge in [0.25, 0.3) is 5.91 Å². The van der Waals surface area contributed by atoms with Crippen LogP contribution in [0.4, 0.5) is 0 Å². The normalized spacial score (nSPS) is 18.3. The van der Waals surface area contributed by atoms with Gasteiger partial charge in [-0.05, 0) is 5.92 Å². The Morgan fingerprint density at radius 2 is 2.12 bits per heavy atom. The maximum atomic E-state index is 12.7. The van der Waals surface area contributed by atoms with Gasteiger partial charge in [0, 0.05) is 25.2 Å². The lowest BCUT2D eigenvalue weighted by atomic mass is 10.2. The quantitative estimate of drug-likeness (QED) is 0.824. The van der Waals surface area contributed by atoms with Gasteiger partial charge < -0.3 is 14.1 Å². The number of morpholine rings is 1. The van der Waals surface area contributed by atoms with Crippen molar-refractivity contribution in [2.24, 2.45) is 5.92 Å². The molecule has 3 rings (SSSR count). The third-order valence-electron chi connectivity index (χ3n) is 4.01. The molecule has 1 aliphatic heterocycles. The fourth-order valence-corrected chi connectivity index (χ4v) is 2.72. The van der Waals surface area contributed by atoms with Crippen molar-refractivity contribution in [3.63, 3.8) is 0 Å². The molecule has 0 aromatic carbocycles.